The molecule has 0 radical (unpaired) electrons. The van der Waals surface area contributed by atoms with Crippen LogP contribution >= 0.6 is 11.6 Å². The Labute approximate surface area is 103 Å². The smallest absolute Gasteiger partial charge is 0.185 e. The van der Waals surface area contributed by atoms with Crippen LogP contribution in [0.2, 0.25) is 5.02 Å². The molecule has 1 aromatic heterocycles. The molecule has 0 aliphatic heterocycles. The Morgan fingerprint density at radius 3 is 2.47 bits per heavy atom. The number of fused-ring (bicyclic) bond motifs is 1. The molecule has 0 bridgehead atoms. The van der Waals surface area contributed by atoms with E-state index < -0.39 is 11.6 Å². The average molecular weight is 256 g/mol. The van der Waals surface area contributed by atoms with Gasteiger partial charge in [-0.25, -0.2) is 13.8 Å². The topological polar surface area (TPSA) is 12.9 Å². The van der Waals surface area contributed by atoms with Gasteiger partial charge in [-0.15, -0.1) is 0 Å². The lowest BCUT2D eigenvalue weighted by atomic mass is 9.99. The highest BCUT2D eigenvalue weighted by Crippen LogP contribution is 2.34. The summed E-state index contributed by atoms with van der Waals surface area (Å²) >= 11 is 6.24. The predicted octanol–water partition coefficient (Wildman–Crippen LogP) is 4.60. The Morgan fingerprint density at radius 1 is 1.24 bits per heavy atom. The third kappa shape index (κ3) is 1.89. The van der Waals surface area contributed by atoms with Crippen LogP contribution in [0.4, 0.5) is 8.78 Å². The first-order chi connectivity index (χ1) is 7.93. The summed E-state index contributed by atoms with van der Waals surface area (Å²) in [6.07, 6.45) is 0. The number of halogens is 3. The van der Waals surface area contributed by atoms with Crippen molar-refractivity contribution in [3.8, 4) is 0 Å². The maximum atomic E-state index is 13.6. The predicted molar refractivity (Wildman–Crippen MR) is 65.5 cm³/mol. The largest absolute Gasteiger partial charge is 0.250 e. The normalized spacial score (nSPS) is 11.5. The molecular formula is C13H12ClF2N. The Morgan fingerprint density at radius 2 is 1.88 bits per heavy atom. The lowest BCUT2D eigenvalue weighted by Crippen LogP contribution is -2.00. The van der Waals surface area contributed by atoms with E-state index in [0.717, 1.165) is 11.6 Å². The minimum Gasteiger partial charge on any atom is -0.250 e. The molecule has 0 saturated heterocycles. The van der Waals surface area contributed by atoms with Crippen molar-refractivity contribution in [2.24, 2.45) is 0 Å². The number of pyridine rings is 1. The summed E-state index contributed by atoms with van der Waals surface area (Å²) in [5, 5.41) is 0.918. The van der Waals surface area contributed by atoms with Gasteiger partial charge in [0.2, 0.25) is 0 Å². The Bertz CT molecular complexity index is 594. The Balaban J connectivity index is 2.91. The van der Waals surface area contributed by atoms with Crippen LogP contribution in [0, 0.1) is 18.6 Å². The van der Waals surface area contributed by atoms with E-state index >= 15 is 0 Å². The van der Waals surface area contributed by atoms with E-state index in [9.17, 15) is 8.78 Å². The van der Waals surface area contributed by atoms with Gasteiger partial charge < -0.3 is 0 Å². The molecule has 0 spiro atoms. The monoisotopic (exact) mass is 255 g/mol. The highest BCUT2D eigenvalue weighted by Gasteiger charge is 2.17. The van der Waals surface area contributed by atoms with Crippen molar-refractivity contribution in [2.75, 3.05) is 0 Å². The fourth-order valence-corrected chi connectivity index (χ4v) is 2.54. The van der Waals surface area contributed by atoms with E-state index in [1.165, 1.54) is 6.07 Å². The van der Waals surface area contributed by atoms with Gasteiger partial charge >= 0.3 is 0 Å². The molecule has 17 heavy (non-hydrogen) atoms. The first-order valence-electron chi connectivity index (χ1n) is 5.37. The minimum atomic E-state index is -0.942. The van der Waals surface area contributed by atoms with Crippen molar-refractivity contribution in [3.05, 3.63) is 40.0 Å². The zero-order valence-electron chi connectivity index (χ0n) is 9.81. The standard InChI is InChI=1S/C13H12ClF2N/c1-6(2)10-7(3)17-13-8(11(10)14)4-5-9(15)12(13)16/h4-6H,1-3H3. The zero-order chi connectivity index (χ0) is 12.7. The van der Waals surface area contributed by atoms with Crippen LogP contribution in [0.25, 0.3) is 10.9 Å². The van der Waals surface area contributed by atoms with Crippen LogP contribution in [0.1, 0.15) is 31.0 Å². The summed E-state index contributed by atoms with van der Waals surface area (Å²) in [5.41, 5.74) is 1.52. The molecule has 1 heterocycles. The van der Waals surface area contributed by atoms with E-state index in [0.29, 0.717) is 16.1 Å². The summed E-state index contributed by atoms with van der Waals surface area (Å²) in [7, 11) is 0. The van der Waals surface area contributed by atoms with Crippen LogP contribution in [-0.2, 0) is 0 Å². The van der Waals surface area contributed by atoms with Crippen LogP contribution in [0.3, 0.4) is 0 Å². The number of rotatable bonds is 1. The summed E-state index contributed by atoms with van der Waals surface area (Å²) in [6.45, 7) is 5.73. The van der Waals surface area contributed by atoms with Gasteiger partial charge in [0, 0.05) is 11.1 Å². The molecule has 1 nitrogen and oxygen atoms in total. The van der Waals surface area contributed by atoms with Gasteiger partial charge in [-0.05, 0) is 30.5 Å². The first kappa shape index (κ1) is 12.2. The lowest BCUT2D eigenvalue weighted by Gasteiger charge is -2.14. The molecule has 0 amide bonds. The summed E-state index contributed by atoms with van der Waals surface area (Å²) in [6, 6.07) is 2.54. The van der Waals surface area contributed by atoms with Gasteiger partial charge in [0.15, 0.2) is 11.6 Å². The van der Waals surface area contributed by atoms with Crippen LogP contribution in [0.5, 0.6) is 0 Å². The second-order valence-corrected chi connectivity index (χ2v) is 4.72. The van der Waals surface area contributed by atoms with E-state index in [4.69, 9.17) is 11.6 Å². The maximum absolute atomic E-state index is 13.6. The van der Waals surface area contributed by atoms with Crippen LogP contribution in [0.15, 0.2) is 12.1 Å². The molecule has 0 aliphatic carbocycles. The molecule has 0 unspecified atom stereocenters. The molecule has 90 valence electrons. The zero-order valence-corrected chi connectivity index (χ0v) is 10.6. The van der Waals surface area contributed by atoms with E-state index in [2.05, 4.69) is 4.98 Å². The average Bonchev–Trinajstić information content (AvgIpc) is 2.23. The number of aryl methyl sites for hydroxylation is 1. The number of benzene rings is 1. The second-order valence-electron chi connectivity index (χ2n) is 4.34. The second kappa shape index (κ2) is 4.22. The molecular weight excluding hydrogens is 244 g/mol. The van der Waals surface area contributed by atoms with Crippen molar-refractivity contribution in [1.29, 1.82) is 0 Å². The van der Waals surface area contributed by atoms with Gasteiger partial charge in [-0.1, -0.05) is 25.4 Å². The van der Waals surface area contributed by atoms with Gasteiger partial charge in [-0.2, -0.15) is 0 Å². The molecule has 2 aromatic rings. The number of nitrogens with zero attached hydrogens (tertiary/aromatic N) is 1. The number of hydrogen-bond acceptors (Lipinski definition) is 1. The highest BCUT2D eigenvalue weighted by atomic mass is 35.5. The number of hydrogen-bond donors (Lipinski definition) is 0. The minimum absolute atomic E-state index is 0.00287. The molecule has 4 heteroatoms. The van der Waals surface area contributed by atoms with E-state index in [-0.39, 0.29) is 11.4 Å². The third-order valence-electron chi connectivity index (χ3n) is 2.79. The quantitative estimate of drug-likeness (QED) is 0.726. The fourth-order valence-electron chi connectivity index (χ4n) is 2.03. The summed E-state index contributed by atoms with van der Waals surface area (Å²) in [4.78, 5) is 4.12. The van der Waals surface area contributed by atoms with Crippen LogP contribution in [-0.4, -0.2) is 4.98 Å². The molecule has 1 aromatic carbocycles. The van der Waals surface area contributed by atoms with Gasteiger partial charge in [0.1, 0.15) is 5.52 Å². The fraction of sp³-hybridized carbons (Fsp3) is 0.308. The molecule has 0 N–H and O–H groups in total. The Hall–Kier alpha value is -1.22. The number of aromatic nitrogens is 1. The molecule has 0 fully saturated rings. The van der Waals surface area contributed by atoms with Gasteiger partial charge in [0.05, 0.1) is 5.02 Å². The first-order valence-corrected chi connectivity index (χ1v) is 5.75. The van der Waals surface area contributed by atoms with Gasteiger partial charge in [0.25, 0.3) is 0 Å². The van der Waals surface area contributed by atoms with Crippen molar-refractivity contribution in [3.63, 3.8) is 0 Å². The van der Waals surface area contributed by atoms with Crippen LogP contribution < -0.4 is 0 Å². The van der Waals surface area contributed by atoms with E-state index in [1.807, 2.05) is 13.8 Å². The third-order valence-corrected chi connectivity index (χ3v) is 3.20. The highest BCUT2D eigenvalue weighted by molar-refractivity contribution is 6.36. The summed E-state index contributed by atoms with van der Waals surface area (Å²) < 4.78 is 26.7. The van der Waals surface area contributed by atoms with Crippen molar-refractivity contribution < 1.29 is 8.78 Å². The molecule has 2 rings (SSSR count). The molecule has 0 aliphatic rings. The Kier molecular flexibility index (Phi) is 3.04. The van der Waals surface area contributed by atoms with Crippen molar-refractivity contribution >= 4 is 22.5 Å². The molecule has 0 atom stereocenters. The molecule has 0 saturated carbocycles. The van der Waals surface area contributed by atoms with Crippen molar-refractivity contribution in [1.82, 2.24) is 4.98 Å². The maximum Gasteiger partial charge on any atom is 0.185 e. The lowest BCUT2D eigenvalue weighted by molar-refractivity contribution is 0.515. The van der Waals surface area contributed by atoms with Crippen molar-refractivity contribution in [2.45, 2.75) is 26.7 Å². The summed E-state index contributed by atoms with van der Waals surface area (Å²) in [5.74, 6) is -1.66. The SMILES string of the molecule is Cc1nc2c(F)c(F)ccc2c(Cl)c1C(C)C. The van der Waals surface area contributed by atoms with Gasteiger partial charge in [-0.3, -0.25) is 0 Å². The van der Waals surface area contributed by atoms with E-state index in [1.54, 1.807) is 6.92 Å².